The number of amides is 2. The van der Waals surface area contributed by atoms with Crippen molar-refractivity contribution >= 4 is 17.6 Å². The summed E-state index contributed by atoms with van der Waals surface area (Å²) >= 11 is 1.37. The second kappa shape index (κ2) is 8.42. The number of urea groups is 1. The first-order chi connectivity index (χ1) is 12.1. The molecule has 0 aromatic carbocycles. The van der Waals surface area contributed by atoms with Crippen LogP contribution in [0.15, 0.2) is 18.5 Å². The van der Waals surface area contributed by atoms with Crippen molar-refractivity contribution in [2.75, 3.05) is 6.54 Å². The van der Waals surface area contributed by atoms with Gasteiger partial charge < -0.3 is 10.2 Å². The molecule has 1 aliphatic rings. The average molecular weight is 363 g/mol. The molecule has 0 unspecified atom stereocenters. The zero-order valence-corrected chi connectivity index (χ0v) is 15.7. The molecular weight excluding hydrogens is 336 g/mol. The molecule has 2 amide bonds. The largest absolute Gasteiger partial charge is 0.333 e. The van der Waals surface area contributed by atoms with E-state index in [9.17, 15) is 4.79 Å². The van der Waals surface area contributed by atoms with E-state index in [0.29, 0.717) is 12.5 Å². The lowest BCUT2D eigenvalue weighted by atomic mass is 10.00. The van der Waals surface area contributed by atoms with Gasteiger partial charge in [-0.3, -0.25) is 4.68 Å². The van der Waals surface area contributed by atoms with Gasteiger partial charge in [-0.05, 0) is 49.2 Å². The maximum absolute atomic E-state index is 12.7. The van der Waals surface area contributed by atoms with Crippen LogP contribution in [0.5, 0.6) is 0 Å². The van der Waals surface area contributed by atoms with E-state index in [1.807, 2.05) is 21.8 Å². The van der Waals surface area contributed by atoms with Gasteiger partial charge in [0.25, 0.3) is 0 Å². The third kappa shape index (κ3) is 4.56. The van der Waals surface area contributed by atoms with Crippen LogP contribution < -0.4 is 5.32 Å². The number of nitrogens with zero attached hydrogens (tertiary/aromatic N) is 5. The Balaban J connectivity index is 1.55. The lowest BCUT2D eigenvalue weighted by Gasteiger charge is -2.35. The summed E-state index contributed by atoms with van der Waals surface area (Å²) in [6.45, 7) is 6.37. The molecule has 1 saturated heterocycles. The van der Waals surface area contributed by atoms with E-state index in [-0.39, 0.29) is 12.1 Å². The molecule has 2 aromatic heterocycles. The van der Waals surface area contributed by atoms with Crippen LogP contribution in [0.2, 0.25) is 0 Å². The maximum atomic E-state index is 12.7. The number of aromatic nitrogens is 4. The van der Waals surface area contributed by atoms with E-state index in [2.05, 4.69) is 33.8 Å². The summed E-state index contributed by atoms with van der Waals surface area (Å²) in [5.41, 5.74) is 0.985. The zero-order valence-electron chi connectivity index (χ0n) is 14.9. The zero-order chi connectivity index (χ0) is 17.6. The Labute approximate surface area is 152 Å². The number of carbonyl (C=O) groups is 1. The van der Waals surface area contributed by atoms with Crippen molar-refractivity contribution in [3.05, 3.63) is 29.0 Å². The number of nitrogens with one attached hydrogen (secondary N) is 1. The second-order valence-electron chi connectivity index (χ2n) is 6.80. The molecule has 7 nitrogen and oxygen atoms in total. The monoisotopic (exact) mass is 362 g/mol. The number of carbonyl (C=O) groups excluding carboxylic acids is 1. The molecule has 2 aromatic rings. The van der Waals surface area contributed by atoms with Crippen molar-refractivity contribution in [3.8, 4) is 0 Å². The van der Waals surface area contributed by atoms with E-state index < -0.39 is 0 Å². The van der Waals surface area contributed by atoms with E-state index in [0.717, 1.165) is 42.9 Å². The molecule has 0 bridgehead atoms. The van der Waals surface area contributed by atoms with Gasteiger partial charge in [-0.15, -0.1) is 5.10 Å². The molecule has 0 spiro atoms. The van der Waals surface area contributed by atoms with Crippen LogP contribution in [0.25, 0.3) is 0 Å². The van der Waals surface area contributed by atoms with Gasteiger partial charge in [-0.25, -0.2) is 4.79 Å². The fourth-order valence-corrected chi connectivity index (χ4v) is 4.05. The topological polar surface area (TPSA) is 75.9 Å². The van der Waals surface area contributed by atoms with E-state index >= 15 is 0 Å². The fourth-order valence-electron chi connectivity index (χ4n) is 3.32. The van der Waals surface area contributed by atoms with Crippen LogP contribution in [0.3, 0.4) is 0 Å². The molecule has 1 aliphatic heterocycles. The third-order valence-electron chi connectivity index (χ3n) is 4.67. The minimum atomic E-state index is 0.0215. The highest BCUT2D eigenvalue weighted by Gasteiger charge is 2.26. The minimum Gasteiger partial charge on any atom is -0.333 e. The molecule has 136 valence electrons. The molecule has 8 heteroatoms. The van der Waals surface area contributed by atoms with Gasteiger partial charge in [0.2, 0.25) is 0 Å². The van der Waals surface area contributed by atoms with Crippen molar-refractivity contribution in [1.82, 2.24) is 29.6 Å². The second-order valence-corrected chi connectivity index (χ2v) is 7.63. The Morgan fingerprint density at radius 3 is 3.08 bits per heavy atom. The number of hydrogen-bond acceptors (Lipinski definition) is 5. The van der Waals surface area contributed by atoms with Crippen molar-refractivity contribution < 1.29 is 4.79 Å². The SMILES string of the molecule is CC(C)c1nnsc1CNC(=O)N1CCCC[C@H]1CCn1cccn1. The summed E-state index contributed by atoms with van der Waals surface area (Å²) in [5, 5.41) is 11.5. The van der Waals surface area contributed by atoms with Crippen molar-refractivity contribution in [3.63, 3.8) is 0 Å². The summed E-state index contributed by atoms with van der Waals surface area (Å²) in [4.78, 5) is 15.7. The molecule has 0 aliphatic carbocycles. The van der Waals surface area contributed by atoms with E-state index in [1.54, 1.807) is 6.20 Å². The first kappa shape index (κ1) is 17.8. The third-order valence-corrected chi connectivity index (χ3v) is 5.41. The van der Waals surface area contributed by atoms with Gasteiger partial charge in [-0.2, -0.15) is 5.10 Å². The fraction of sp³-hybridized carbons (Fsp3) is 0.647. The van der Waals surface area contributed by atoms with Crippen molar-refractivity contribution in [2.24, 2.45) is 0 Å². The van der Waals surface area contributed by atoms with Crippen molar-refractivity contribution in [1.29, 1.82) is 0 Å². The highest BCUT2D eigenvalue weighted by Crippen LogP contribution is 2.22. The number of likely N-dealkylation sites (tertiary alicyclic amines) is 1. The molecule has 1 fully saturated rings. The molecule has 0 radical (unpaired) electrons. The predicted octanol–water partition coefficient (Wildman–Crippen LogP) is 3.01. The summed E-state index contributed by atoms with van der Waals surface area (Å²) < 4.78 is 5.96. The predicted molar refractivity (Wildman–Crippen MR) is 97.4 cm³/mol. The summed E-state index contributed by atoms with van der Waals surface area (Å²) in [6, 6.07) is 2.23. The standard InChI is InChI=1S/C17H26N6OS/c1-13(2)16-15(25-21-20-16)12-18-17(24)23-10-4-3-6-14(23)7-11-22-9-5-8-19-22/h5,8-9,13-14H,3-4,6-7,10-12H2,1-2H3,(H,18,24)/t14-/m0/s1. The molecule has 1 N–H and O–H groups in total. The molecular formula is C17H26N6OS. The number of rotatable bonds is 6. The smallest absolute Gasteiger partial charge is 0.317 e. The molecule has 3 rings (SSSR count). The Hall–Kier alpha value is -1.96. The van der Waals surface area contributed by atoms with E-state index in [1.165, 1.54) is 18.0 Å². The van der Waals surface area contributed by atoms with Gasteiger partial charge >= 0.3 is 6.03 Å². The summed E-state index contributed by atoms with van der Waals surface area (Å²) in [7, 11) is 0. The van der Waals surface area contributed by atoms with Gasteiger partial charge in [0, 0.05) is 31.5 Å². The highest BCUT2D eigenvalue weighted by atomic mass is 32.1. The summed E-state index contributed by atoms with van der Waals surface area (Å²) in [5.74, 6) is 0.322. The average Bonchev–Trinajstić information content (AvgIpc) is 3.29. The van der Waals surface area contributed by atoms with Crippen LogP contribution in [-0.4, -0.2) is 42.9 Å². The van der Waals surface area contributed by atoms with Gasteiger partial charge in [0.05, 0.1) is 17.1 Å². The first-order valence-electron chi connectivity index (χ1n) is 8.98. The molecule has 1 atom stereocenters. The van der Waals surface area contributed by atoms with Crippen molar-refractivity contribution in [2.45, 2.75) is 64.6 Å². The van der Waals surface area contributed by atoms with Crippen LogP contribution in [0.4, 0.5) is 4.79 Å². The van der Waals surface area contributed by atoms with E-state index in [4.69, 9.17) is 0 Å². The highest BCUT2D eigenvalue weighted by molar-refractivity contribution is 7.05. The Morgan fingerprint density at radius 1 is 1.44 bits per heavy atom. The summed E-state index contributed by atoms with van der Waals surface area (Å²) in [6.07, 6.45) is 8.02. The quantitative estimate of drug-likeness (QED) is 0.857. The number of aryl methyl sites for hydroxylation is 1. The molecule has 0 saturated carbocycles. The number of hydrogen-bond donors (Lipinski definition) is 1. The normalized spacial score (nSPS) is 17.9. The molecule has 3 heterocycles. The van der Waals surface area contributed by atoms with Crippen LogP contribution in [0.1, 0.15) is 56.0 Å². The van der Waals surface area contributed by atoms with Gasteiger partial charge in [0.1, 0.15) is 0 Å². The Morgan fingerprint density at radius 2 is 2.32 bits per heavy atom. The lowest BCUT2D eigenvalue weighted by Crippen LogP contribution is -2.48. The number of piperidine rings is 1. The van der Waals surface area contributed by atoms with Crippen LogP contribution >= 0.6 is 11.5 Å². The van der Waals surface area contributed by atoms with Gasteiger partial charge in [0.15, 0.2) is 0 Å². The molecule has 25 heavy (non-hydrogen) atoms. The van der Waals surface area contributed by atoms with Crippen LogP contribution in [-0.2, 0) is 13.1 Å². The first-order valence-corrected chi connectivity index (χ1v) is 9.75. The lowest BCUT2D eigenvalue weighted by molar-refractivity contribution is 0.143. The Kier molecular flexibility index (Phi) is 6.01. The Bertz CT molecular complexity index is 668. The minimum absolute atomic E-state index is 0.0215. The maximum Gasteiger partial charge on any atom is 0.317 e. The van der Waals surface area contributed by atoms with Gasteiger partial charge in [-0.1, -0.05) is 18.3 Å². The van der Waals surface area contributed by atoms with Crippen LogP contribution in [0, 0.1) is 0 Å².